The van der Waals surface area contributed by atoms with Crippen molar-refractivity contribution in [1.29, 1.82) is 0 Å². The highest BCUT2D eigenvalue weighted by molar-refractivity contribution is 6.02. The van der Waals surface area contributed by atoms with Crippen LogP contribution in [-0.2, 0) is 6.54 Å². The van der Waals surface area contributed by atoms with Crippen molar-refractivity contribution < 1.29 is 9.21 Å². The third kappa shape index (κ3) is 7.56. The fourth-order valence-corrected chi connectivity index (χ4v) is 2.58. The minimum Gasteiger partial charge on any atom is -0.459 e. The number of nitrogens with zero attached hydrogens (tertiary/aromatic N) is 1. The van der Waals surface area contributed by atoms with E-state index in [1.807, 2.05) is 24.3 Å². The minimum atomic E-state index is -0.263. The summed E-state index contributed by atoms with van der Waals surface area (Å²) in [5.41, 5.74) is 1.74. The number of carbonyl (C=O) groups is 1. The van der Waals surface area contributed by atoms with Gasteiger partial charge in [-0.1, -0.05) is 26.0 Å². The molecule has 27 heavy (non-hydrogen) atoms. The Hall–Kier alpha value is -2.76. The van der Waals surface area contributed by atoms with E-state index >= 15 is 0 Å². The predicted octanol–water partition coefficient (Wildman–Crippen LogP) is 4.02. The lowest BCUT2D eigenvalue weighted by molar-refractivity contribution is 0.0996. The molecular formula is C21H30N4O2. The van der Waals surface area contributed by atoms with Crippen LogP contribution in [0.2, 0.25) is 0 Å². The number of aliphatic imine (C=N–C) groups is 1. The quantitative estimate of drug-likeness (QED) is 0.354. The number of amides is 1. The van der Waals surface area contributed by atoms with E-state index in [-0.39, 0.29) is 5.91 Å². The average molecular weight is 370 g/mol. The molecule has 0 aliphatic rings. The summed E-state index contributed by atoms with van der Waals surface area (Å²) in [6.45, 7) is 8.77. The second kappa shape index (κ2) is 11.1. The van der Waals surface area contributed by atoms with Crippen LogP contribution >= 0.6 is 0 Å². The van der Waals surface area contributed by atoms with Gasteiger partial charge in [-0.15, -0.1) is 0 Å². The Morgan fingerprint density at radius 1 is 1.19 bits per heavy atom. The van der Waals surface area contributed by atoms with Gasteiger partial charge in [0.15, 0.2) is 11.7 Å². The topological polar surface area (TPSA) is 78.7 Å². The molecule has 2 rings (SSSR count). The van der Waals surface area contributed by atoms with Crippen molar-refractivity contribution in [1.82, 2.24) is 10.6 Å². The molecule has 0 aliphatic carbocycles. The lowest BCUT2D eigenvalue weighted by Crippen LogP contribution is -2.37. The molecule has 0 spiro atoms. The van der Waals surface area contributed by atoms with Crippen LogP contribution < -0.4 is 16.0 Å². The van der Waals surface area contributed by atoms with E-state index in [0.717, 1.165) is 36.7 Å². The van der Waals surface area contributed by atoms with E-state index in [2.05, 4.69) is 41.7 Å². The summed E-state index contributed by atoms with van der Waals surface area (Å²) >= 11 is 0. The van der Waals surface area contributed by atoms with Crippen molar-refractivity contribution in [3.8, 4) is 0 Å². The van der Waals surface area contributed by atoms with Gasteiger partial charge in [-0.3, -0.25) is 4.79 Å². The first kappa shape index (κ1) is 20.6. The number of hydrogen-bond donors (Lipinski definition) is 3. The zero-order valence-corrected chi connectivity index (χ0v) is 16.4. The normalized spacial score (nSPS) is 11.5. The van der Waals surface area contributed by atoms with Gasteiger partial charge >= 0.3 is 0 Å². The maximum absolute atomic E-state index is 12.1. The zero-order valence-electron chi connectivity index (χ0n) is 16.4. The maximum atomic E-state index is 12.1. The molecule has 0 saturated carbocycles. The molecule has 0 fully saturated rings. The highest BCUT2D eigenvalue weighted by Gasteiger charge is 2.08. The van der Waals surface area contributed by atoms with Crippen LogP contribution in [0.3, 0.4) is 0 Å². The van der Waals surface area contributed by atoms with Gasteiger partial charge in [0.05, 0.1) is 12.8 Å². The Morgan fingerprint density at radius 3 is 2.74 bits per heavy atom. The number of benzene rings is 1. The second-order valence-corrected chi connectivity index (χ2v) is 6.79. The molecule has 3 N–H and O–H groups in total. The minimum absolute atomic E-state index is 0.263. The van der Waals surface area contributed by atoms with Crippen molar-refractivity contribution in [2.45, 2.75) is 40.2 Å². The smallest absolute Gasteiger partial charge is 0.291 e. The van der Waals surface area contributed by atoms with E-state index < -0.39 is 0 Å². The van der Waals surface area contributed by atoms with Gasteiger partial charge in [-0.05, 0) is 55.5 Å². The monoisotopic (exact) mass is 370 g/mol. The molecule has 1 heterocycles. The Bertz CT molecular complexity index is 724. The first-order chi connectivity index (χ1) is 13.1. The number of anilines is 1. The van der Waals surface area contributed by atoms with Crippen LogP contribution in [0.15, 0.2) is 52.1 Å². The van der Waals surface area contributed by atoms with Crippen molar-refractivity contribution in [3.63, 3.8) is 0 Å². The van der Waals surface area contributed by atoms with E-state index in [1.54, 1.807) is 12.1 Å². The fourth-order valence-electron chi connectivity index (χ4n) is 2.58. The molecule has 1 aromatic heterocycles. The zero-order chi connectivity index (χ0) is 19.5. The van der Waals surface area contributed by atoms with E-state index in [4.69, 9.17) is 4.42 Å². The van der Waals surface area contributed by atoms with Crippen molar-refractivity contribution in [2.24, 2.45) is 10.9 Å². The third-order valence-corrected chi connectivity index (χ3v) is 3.94. The number of rotatable bonds is 9. The molecule has 0 aliphatic heterocycles. The average Bonchev–Trinajstić information content (AvgIpc) is 3.18. The highest BCUT2D eigenvalue weighted by Crippen LogP contribution is 2.13. The number of furan rings is 1. The van der Waals surface area contributed by atoms with Gasteiger partial charge in [-0.25, -0.2) is 4.99 Å². The number of carbonyl (C=O) groups excluding carboxylic acids is 1. The SMILES string of the molecule is CCNC(=NCc1cccc(NC(=O)c2ccco2)c1)NCCCC(C)C. The van der Waals surface area contributed by atoms with Crippen molar-refractivity contribution in [2.75, 3.05) is 18.4 Å². The fraction of sp³-hybridized carbons (Fsp3) is 0.429. The molecule has 0 saturated heterocycles. The Balaban J connectivity index is 1.92. The van der Waals surface area contributed by atoms with Crippen molar-refractivity contribution >= 4 is 17.6 Å². The Kier molecular flexibility index (Phi) is 8.42. The number of guanidine groups is 1. The Labute approximate surface area is 161 Å². The molecule has 1 amide bonds. The van der Waals surface area contributed by atoms with Gasteiger partial charge < -0.3 is 20.4 Å². The van der Waals surface area contributed by atoms with E-state index in [9.17, 15) is 4.79 Å². The summed E-state index contributed by atoms with van der Waals surface area (Å²) < 4.78 is 5.11. The molecular weight excluding hydrogens is 340 g/mol. The summed E-state index contributed by atoms with van der Waals surface area (Å²) in [5.74, 6) is 1.55. The van der Waals surface area contributed by atoms with Crippen LogP contribution in [0.1, 0.15) is 49.7 Å². The highest BCUT2D eigenvalue weighted by atomic mass is 16.3. The Morgan fingerprint density at radius 2 is 2.04 bits per heavy atom. The number of hydrogen-bond acceptors (Lipinski definition) is 3. The summed E-state index contributed by atoms with van der Waals surface area (Å²) in [7, 11) is 0. The van der Waals surface area contributed by atoms with Gasteiger partial charge in [0.1, 0.15) is 0 Å². The van der Waals surface area contributed by atoms with Gasteiger partial charge in [0.2, 0.25) is 0 Å². The molecule has 0 atom stereocenters. The lowest BCUT2D eigenvalue weighted by Gasteiger charge is -2.12. The predicted molar refractivity (Wildman–Crippen MR) is 110 cm³/mol. The molecule has 6 heteroatoms. The first-order valence-electron chi connectivity index (χ1n) is 9.54. The standard InChI is InChI=1S/C21H30N4O2/c1-4-22-21(23-12-6-8-16(2)3)24-15-17-9-5-10-18(14-17)25-20(26)19-11-7-13-27-19/h5,7,9-11,13-14,16H,4,6,8,12,15H2,1-3H3,(H,25,26)(H2,22,23,24). The maximum Gasteiger partial charge on any atom is 0.291 e. The first-order valence-corrected chi connectivity index (χ1v) is 9.54. The van der Waals surface area contributed by atoms with Gasteiger partial charge in [0.25, 0.3) is 5.91 Å². The van der Waals surface area contributed by atoms with Crippen LogP contribution in [0, 0.1) is 5.92 Å². The van der Waals surface area contributed by atoms with E-state index in [1.165, 1.54) is 12.7 Å². The number of nitrogens with one attached hydrogen (secondary N) is 3. The van der Waals surface area contributed by atoms with Crippen LogP contribution in [0.5, 0.6) is 0 Å². The molecule has 0 bridgehead atoms. The molecule has 0 radical (unpaired) electrons. The second-order valence-electron chi connectivity index (χ2n) is 6.79. The molecule has 0 unspecified atom stereocenters. The molecule has 1 aromatic carbocycles. The molecule has 6 nitrogen and oxygen atoms in total. The van der Waals surface area contributed by atoms with Crippen LogP contribution in [0.4, 0.5) is 5.69 Å². The van der Waals surface area contributed by atoms with Gasteiger partial charge in [-0.2, -0.15) is 0 Å². The van der Waals surface area contributed by atoms with Crippen LogP contribution in [0.25, 0.3) is 0 Å². The van der Waals surface area contributed by atoms with Crippen LogP contribution in [-0.4, -0.2) is 25.0 Å². The summed E-state index contributed by atoms with van der Waals surface area (Å²) in [5, 5.41) is 9.47. The molecule has 146 valence electrons. The van der Waals surface area contributed by atoms with E-state index in [0.29, 0.717) is 18.2 Å². The molecule has 2 aromatic rings. The summed E-state index contributed by atoms with van der Waals surface area (Å²) in [6, 6.07) is 11.0. The van der Waals surface area contributed by atoms with Gasteiger partial charge in [0, 0.05) is 18.8 Å². The van der Waals surface area contributed by atoms with Crippen molar-refractivity contribution in [3.05, 3.63) is 54.0 Å². The lowest BCUT2D eigenvalue weighted by atomic mass is 10.1. The summed E-state index contributed by atoms with van der Waals surface area (Å²) in [6.07, 6.45) is 3.80. The summed E-state index contributed by atoms with van der Waals surface area (Å²) in [4.78, 5) is 16.7. The largest absolute Gasteiger partial charge is 0.459 e. The third-order valence-electron chi connectivity index (χ3n) is 3.94.